The van der Waals surface area contributed by atoms with Crippen molar-refractivity contribution in [1.82, 2.24) is 9.97 Å². The van der Waals surface area contributed by atoms with Crippen molar-refractivity contribution in [3.8, 4) is 0 Å². The SMILES string of the molecule is FC(F)(F)c1ccc(Cl)c(Nc2nc(Cl)nc3sccc23)c1. The lowest BCUT2D eigenvalue weighted by atomic mass is 10.2. The van der Waals surface area contributed by atoms with Crippen molar-refractivity contribution < 1.29 is 13.2 Å². The van der Waals surface area contributed by atoms with E-state index >= 15 is 0 Å². The zero-order valence-corrected chi connectivity index (χ0v) is 12.9. The summed E-state index contributed by atoms with van der Waals surface area (Å²) in [6.45, 7) is 0. The molecule has 0 atom stereocenters. The Bertz CT molecular complexity index is 848. The number of rotatable bonds is 2. The first-order valence-corrected chi connectivity index (χ1v) is 7.52. The standard InChI is InChI=1S/C13H6Cl2F3N3S/c14-8-2-1-6(13(16,17)18)5-9(8)19-10-7-3-4-22-11(7)21-12(15)20-10/h1-5H,(H,19,20,21). The smallest absolute Gasteiger partial charge is 0.338 e. The van der Waals surface area contributed by atoms with Crippen molar-refractivity contribution in [2.45, 2.75) is 6.18 Å². The third kappa shape index (κ3) is 2.97. The van der Waals surface area contributed by atoms with Crippen molar-refractivity contribution in [3.63, 3.8) is 0 Å². The monoisotopic (exact) mass is 363 g/mol. The van der Waals surface area contributed by atoms with Gasteiger partial charge in [0.2, 0.25) is 5.28 Å². The Labute approximate surface area is 136 Å². The number of benzene rings is 1. The van der Waals surface area contributed by atoms with Gasteiger partial charge in [0, 0.05) is 0 Å². The Kier molecular flexibility index (Phi) is 3.88. The predicted octanol–water partition coefficient (Wildman–Crippen LogP) is 5.76. The van der Waals surface area contributed by atoms with E-state index in [0.29, 0.717) is 16.0 Å². The lowest BCUT2D eigenvalue weighted by molar-refractivity contribution is -0.137. The second kappa shape index (κ2) is 5.57. The maximum absolute atomic E-state index is 12.8. The van der Waals surface area contributed by atoms with Crippen LogP contribution in [0.5, 0.6) is 0 Å². The molecule has 9 heteroatoms. The van der Waals surface area contributed by atoms with E-state index < -0.39 is 11.7 Å². The molecule has 1 aromatic carbocycles. The lowest BCUT2D eigenvalue weighted by Gasteiger charge is -2.12. The molecular weight excluding hydrogens is 358 g/mol. The van der Waals surface area contributed by atoms with Gasteiger partial charge in [0.1, 0.15) is 10.6 Å². The predicted molar refractivity (Wildman–Crippen MR) is 82.2 cm³/mol. The number of hydrogen-bond acceptors (Lipinski definition) is 4. The number of hydrogen-bond donors (Lipinski definition) is 1. The number of nitrogens with zero attached hydrogens (tertiary/aromatic N) is 2. The highest BCUT2D eigenvalue weighted by molar-refractivity contribution is 7.16. The lowest BCUT2D eigenvalue weighted by Crippen LogP contribution is -2.06. The summed E-state index contributed by atoms with van der Waals surface area (Å²) in [4.78, 5) is 8.68. The van der Waals surface area contributed by atoms with Gasteiger partial charge in [0.05, 0.1) is 21.7 Å². The molecule has 3 rings (SSSR count). The van der Waals surface area contributed by atoms with Crippen molar-refractivity contribution in [2.24, 2.45) is 0 Å². The summed E-state index contributed by atoms with van der Waals surface area (Å²) >= 11 is 13.1. The summed E-state index contributed by atoms with van der Waals surface area (Å²) in [6.07, 6.45) is -4.46. The summed E-state index contributed by atoms with van der Waals surface area (Å²) in [5, 5.41) is 5.38. The Morgan fingerprint density at radius 1 is 1.09 bits per heavy atom. The Morgan fingerprint density at radius 2 is 1.86 bits per heavy atom. The van der Waals surface area contributed by atoms with Crippen LogP contribution in [0.2, 0.25) is 10.3 Å². The molecule has 0 saturated carbocycles. The van der Waals surface area contributed by atoms with E-state index in [4.69, 9.17) is 23.2 Å². The van der Waals surface area contributed by atoms with Crippen molar-refractivity contribution in [2.75, 3.05) is 5.32 Å². The molecule has 2 heterocycles. The molecule has 0 aliphatic rings. The van der Waals surface area contributed by atoms with Crippen LogP contribution < -0.4 is 5.32 Å². The third-order valence-corrected chi connectivity index (χ3v) is 4.15. The van der Waals surface area contributed by atoms with E-state index in [1.807, 2.05) is 0 Å². The van der Waals surface area contributed by atoms with Gasteiger partial charge in [0.25, 0.3) is 0 Å². The van der Waals surface area contributed by atoms with Crippen LogP contribution in [-0.4, -0.2) is 9.97 Å². The topological polar surface area (TPSA) is 37.8 Å². The number of nitrogens with one attached hydrogen (secondary N) is 1. The fourth-order valence-electron chi connectivity index (χ4n) is 1.85. The van der Waals surface area contributed by atoms with Crippen LogP contribution in [-0.2, 0) is 6.18 Å². The normalized spacial score (nSPS) is 11.9. The Hall–Kier alpha value is -1.57. The van der Waals surface area contributed by atoms with E-state index in [0.717, 1.165) is 12.1 Å². The van der Waals surface area contributed by atoms with Crippen LogP contribution in [0, 0.1) is 0 Å². The van der Waals surface area contributed by atoms with Crippen LogP contribution in [0.3, 0.4) is 0 Å². The molecule has 0 saturated heterocycles. The highest BCUT2D eigenvalue weighted by atomic mass is 35.5. The second-order valence-electron chi connectivity index (χ2n) is 4.30. The summed E-state index contributed by atoms with van der Waals surface area (Å²) in [7, 11) is 0. The quantitative estimate of drug-likeness (QED) is 0.588. The van der Waals surface area contributed by atoms with Gasteiger partial charge in [0.15, 0.2) is 0 Å². The number of aromatic nitrogens is 2. The fourth-order valence-corrected chi connectivity index (χ4v) is 3.00. The summed E-state index contributed by atoms with van der Waals surface area (Å²) in [6, 6.07) is 4.78. The van der Waals surface area contributed by atoms with Crippen molar-refractivity contribution >= 4 is 56.3 Å². The van der Waals surface area contributed by atoms with Gasteiger partial charge < -0.3 is 5.32 Å². The number of halogens is 5. The molecule has 0 spiro atoms. The maximum atomic E-state index is 12.8. The summed E-state index contributed by atoms with van der Waals surface area (Å²) < 4.78 is 38.4. The molecule has 0 amide bonds. The molecule has 0 aliphatic carbocycles. The first-order valence-electron chi connectivity index (χ1n) is 5.89. The minimum absolute atomic E-state index is 0.000508. The molecule has 0 radical (unpaired) electrons. The molecule has 114 valence electrons. The van der Waals surface area contributed by atoms with Gasteiger partial charge in [-0.25, -0.2) is 4.98 Å². The van der Waals surface area contributed by atoms with E-state index in [-0.39, 0.29) is 16.0 Å². The molecule has 2 aromatic heterocycles. The number of fused-ring (bicyclic) bond motifs is 1. The van der Waals surface area contributed by atoms with Gasteiger partial charge in [-0.1, -0.05) is 11.6 Å². The number of alkyl halides is 3. The van der Waals surface area contributed by atoms with Gasteiger partial charge in [-0.15, -0.1) is 11.3 Å². The first kappa shape index (κ1) is 15.3. The zero-order valence-electron chi connectivity index (χ0n) is 10.6. The van der Waals surface area contributed by atoms with Gasteiger partial charge >= 0.3 is 6.18 Å². The van der Waals surface area contributed by atoms with E-state index in [2.05, 4.69) is 15.3 Å². The molecule has 3 nitrogen and oxygen atoms in total. The molecule has 0 bridgehead atoms. The van der Waals surface area contributed by atoms with Crippen molar-refractivity contribution in [1.29, 1.82) is 0 Å². The minimum Gasteiger partial charge on any atom is -0.338 e. The average molecular weight is 364 g/mol. The molecule has 0 fully saturated rings. The molecule has 0 unspecified atom stereocenters. The van der Waals surface area contributed by atoms with E-state index in [1.165, 1.54) is 17.4 Å². The fraction of sp³-hybridized carbons (Fsp3) is 0.0769. The Morgan fingerprint density at radius 3 is 2.59 bits per heavy atom. The molecule has 3 aromatic rings. The molecule has 22 heavy (non-hydrogen) atoms. The summed E-state index contributed by atoms with van der Waals surface area (Å²) in [5.74, 6) is 0.303. The van der Waals surface area contributed by atoms with Gasteiger partial charge in [-0.2, -0.15) is 18.2 Å². The third-order valence-electron chi connectivity index (χ3n) is 2.84. The number of anilines is 2. The zero-order chi connectivity index (χ0) is 15.9. The van der Waals surface area contributed by atoms with E-state index in [9.17, 15) is 13.2 Å². The van der Waals surface area contributed by atoms with Crippen LogP contribution in [0.25, 0.3) is 10.2 Å². The van der Waals surface area contributed by atoms with Gasteiger partial charge in [-0.05, 0) is 41.2 Å². The highest BCUT2D eigenvalue weighted by Crippen LogP contribution is 2.36. The maximum Gasteiger partial charge on any atom is 0.416 e. The summed E-state index contributed by atoms with van der Waals surface area (Å²) in [5.41, 5.74) is -0.708. The largest absolute Gasteiger partial charge is 0.416 e. The number of thiophene rings is 1. The van der Waals surface area contributed by atoms with Crippen LogP contribution in [0.1, 0.15) is 5.56 Å². The van der Waals surface area contributed by atoms with Crippen molar-refractivity contribution in [3.05, 3.63) is 45.5 Å². The van der Waals surface area contributed by atoms with Crippen LogP contribution >= 0.6 is 34.5 Å². The van der Waals surface area contributed by atoms with Crippen LogP contribution in [0.4, 0.5) is 24.7 Å². The van der Waals surface area contributed by atoms with Crippen LogP contribution in [0.15, 0.2) is 29.6 Å². The second-order valence-corrected chi connectivity index (χ2v) is 5.94. The average Bonchev–Trinajstić information content (AvgIpc) is 2.88. The molecule has 1 N–H and O–H groups in total. The highest BCUT2D eigenvalue weighted by Gasteiger charge is 2.31. The molecule has 0 aliphatic heterocycles. The minimum atomic E-state index is -4.46. The van der Waals surface area contributed by atoms with E-state index in [1.54, 1.807) is 11.4 Å². The Balaban J connectivity index is 2.07. The first-order chi connectivity index (χ1) is 10.3. The molecular formula is C13H6Cl2F3N3S. The van der Waals surface area contributed by atoms with Gasteiger partial charge in [-0.3, -0.25) is 0 Å².